The maximum Gasteiger partial charge on any atom is 0.501 e. The maximum absolute atomic E-state index is 11.9. The molecular formula is C6H5F5O2. The van der Waals surface area contributed by atoms with Crippen LogP contribution in [0.5, 0.6) is 0 Å². The second kappa shape index (κ2) is 3.71. The molecule has 13 heavy (non-hydrogen) atoms. The molecule has 0 unspecified atom stereocenters. The Morgan fingerprint density at radius 2 is 1.69 bits per heavy atom. The van der Waals surface area contributed by atoms with Crippen LogP contribution in [0.15, 0.2) is 12.2 Å². The number of carbonyl (C=O) groups excluding carboxylic acids is 1. The summed E-state index contributed by atoms with van der Waals surface area (Å²) in [5.41, 5.74) is 0. The van der Waals surface area contributed by atoms with Crippen molar-refractivity contribution in [2.45, 2.75) is 19.2 Å². The topological polar surface area (TPSA) is 26.3 Å². The molecular weight excluding hydrogens is 199 g/mol. The second-order valence-electron chi connectivity index (χ2n) is 1.94. The number of esters is 1. The zero-order valence-electron chi connectivity index (χ0n) is 6.36. The van der Waals surface area contributed by atoms with E-state index in [0.717, 1.165) is 6.08 Å². The first-order chi connectivity index (χ1) is 5.70. The Hall–Kier alpha value is -1.14. The molecule has 0 aliphatic carbocycles. The first-order valence-corrected chi connectivity index (χ1v) is 3.01. The van der Waals surface area contributed by atoms with Gasteiger partial charge in [-0.2, -0.15) is 22.0 Å². The quantitative estimate of drug-likeness (QED) is 0.391. The number of alkyl halides is 5. The van der Waals surface area contributed by atoms with Crippen LogP contribution in [0.2, 0.25) is 0 Å². The lowest BCUT2D eigenvalue weighted by molar-refractivity contribution is -0.374. The highest BCUT2D eigenvalue weighted by Gasteiger charge is 2.61. The fourth-order valence-electron chi connectivity index (χ4n) is 0.354. The lowest BCUT2D eigenvalue weighted by atomic mass is 10.5. The normalized spacial score (nSPS) is 13.4. The predicted molar refractivity (Wildman–Crippen MR) is 31.9 cm³/mol. The molecule has 0 saturated heterocycles. The Bertz CT molecular complexity index is 218. The van der Waals surface area contributed by atoms with E-state index < -0.39 is 18.3 Å². The summed E-state index contributed by atoms with van der Waals surface area (Å²) in [4.78, 5) is 10.2. The zero-order chi connectivity index (χ0) is 10.7. The molecule has 0 aliphatic rings. The van der Waals surface area contributed by atoms with Crippen LogP contribution >= 0.6 is 0 Å². The molecule has 0 bridgehead atoms. The van der Waals surface area contributed by atoms with Crippen LogP contribution in [0, 0.1) is 0 Å². The van der Waals surface area contributed by atoms with Crippen LogP contribution < -0.4 is 0 Å². The number of halogens is 5. The molecule has 2 nitrogen and oxygen atoms in total. The molecule has 7 heteroatoms. The third-order valence-corrected chi connectivity index (χ3v) is 0.862. The Labute approximate surface area is 70.0 Å². The van der Waals surface area contributed by atoms with E-state index in [1.807, 2.05) is 0 Å². The maximum atomic E-state index is 11.9. The fraction of sp³-hybridized carbons (Fsp3) is 0.500. The summed E-state index contributed by atoms with van der Waals surface area (Å²) in [6.07, 6.45) is -9.89. The number of carbonyl (C=O) groups is 1. The average Bonchev–Trinajstić information content (AvgIpc) is 1.83. The van der Waals surface area contributed by atoms with Crippen molar-refractivity contribution < 1.29 is 31.5 Å². The molecule has 76 valence electrons. The molecule has 0 aliphatic heterocycles. The zero-order valence-corrected chi connectivity index (χ0v) is 6.36. The summed E-state index contributed by atoms with van der Waals surface area (Å²) < 4.78 is 60.8. The molecule has 0 aromatic carbocycles. The largest absolute Gasteiger partial charge is 0.501 e. The summed E-state index contributed by atoms with van der Waals surface area (Å²) in [5.74, 6) is -1.75. The van der Waals surface area contributed by atoms with Crippen molar-refractivity contribution in [2.75, 3.05) is 0 Å². The molecule has 0 fully saturated rings. The van der Waals surface area contributed by atoms with Crippen molar-refractivity contribution in [3.8, 4) is 0 Å². The first-order valence-electron chi connectivity index (χ1n) is 3.01. The number of allylic oxidation sites excluding steroid dienone is 1. The van der Waals surface area contributed by atoms with Crippen LogP contribution in [0.25, 0.3) is 0 Å². The van der Waals surface area contributed by atoms with E-state index in [1.54, 1.807) is 0 Å². The molecule has 0 rings (SSSR count). The molecule has 0 N–H and O–H groups in total. The van der Waals surface area contributed by atoms with Crippen molar-refractivity contribution in [1.29, 1.82) is 0 Å². The second-order valence-corrected chi connectivity index (χ2v) is 1.94. The summed E-state index contributed by atoms with van der Waals surface area (Å²) in [6, 6.07) is 0. The van der Waals surface area contributed by atoms with Gasteiger partial charge in [-0.3, -0.25) is 0 Å². The third kappa shape index (κ3) is 3.39. The fourth-order valence-corrected chi connectivity index (χ4v) is 0.354. The Balaban J connectivity index is 4.43. The smallest absolute Gasteiger partial charge is 0.391 e. The SMILES string of the molecule is CC=CC(=O)OC(F)(F)C(F)(F)F. The minimum absolute atomic E-state index is 0.458. The molecule has 0 atom stereocenters. The molecule has 0 saturated carbocycles. The summed E-state index contributed by atoms with van der Waals surface area (Å²) in [6.45, 7) is 1.27. The van der Waals surface area contributed by atoms with Gasteiger partial charge in [0.15, 0.2) is 0 Å². The van der Waals surface area contributed by atoms with Gasteiger partial charge in [0.05, 0.1) is 0 Å². The van der Waals surface area contributed by atoms with Crippen molar-refractivity contribution in [2.24, 2.45) is 0 Å². The lowest BCUT2D eigenvalue weighted by Gasteiger charge is -2.17. The van der Waals surface area contributed by atoms with Gasteiger partial charge in [0.25, 0.3) is 0 Å². The third-order valence-electron chi connectivity index (χ3n) is 0.862. The summed E-state index contributed by atoms with van der Waals surface area (Å²) in [7, 11) is 0. The van der Waals surface area contributed by atoms with Gasteiger partial charge in [0.1, 0.15) is 0 Å². The van der Waals surface area contributed by atoms with Crippen LogP contribution in [-0.2, 0) is 9.53 Å². The highest BCUT2D eigenvalue weighted by molar-refractivity contribution is 5.82. The monoisotopic (exact) mass is 204 g/mol. The van der Waals surface area contributed by atoms with Gasteiger partial charge in [-0.1, -0.05) is 6.08 Å². The van der Waals surface area contributed by atoms with Gasteiger partial charge in [-0.05, 0) is 6.92 Å². The van der Waals surface area contributed by atoms with E-state index in [4.69, 9.17) is 0 Å². The van der Waals surface area contributed by atoms with Gasteiger partial charge >= 0.3 is 18.3 Å². The highest BCUT2D eigenvalue weighted by atomic mass is 19.4. The predicted octanol–water partition coefficient (Wildman–Crippen LogP) is 2.26. The Kier molecular flexibility index (Phi) is 3.39. The van der Waals surface area contributed by atoms with Gasteiger partial charge in [0, 0.05) is 6.08 Å². The number of hydrogen-bond donors (Lipinski definition) is 0. The van der Waals surface area contributed by atoms with Crippen LogP contribution in [0.3, 0.4) is 0 Å². The number of rotatable bonds is 2. The van der Waals surface area contributed by atoms with Gasteiger partial charge in [-0.15, -0.1) is 0 Å². The van der Waals surface area contributed by atoms with E-state index in [0.29, 0.717) is 6.08 Å². The van der Waals surface area contributed by atoms with Crippen LogP contribution in [0.4, 0.5) is 22.0 Å². The summed E-state index contributed by atoms with van der Waals surface area (Å²) >= 11 is 0. The Morgan fingerprint density at radius 3 is 2.00 bits per heavy atom. The van der Waals surface area contributed by atoms with Gasteiger partial charge < -0.3 is 4.74 Å². The number of ether oxygens (including phenoxy) is 1. The highest BCUT2D eigenvalue weighted by Crippen LogP contribution is 2.36. The first kappa shape index (κ1) is 11.9. The average molecular weight is 204 g/mol. The molecule has 0 radical (unpaired) electrons. The van der Waals surface area contributed by atoms with Crippen molar-refractivity contribution in [1.82, 2.24) is 0 Å². The molecule has 0 heterocycles. The van der Waals surface area contributed by atoms with E-state index in [2.05, 4.69) is 4.74 Å². The van der Waals surface area contributed by atoms with E-state index in [1.165, 1.54) is 6.92 Å². The van der Waals surface area contributed by atoms with Crippen LogP contribution in [0.1, 0.15) is 6.92 Å². The van der Waals surface area contributed by atoms with Crippen molar-refractivity contribution >= 4 is 5.97 Å². The standard InChI is InChI=1S/C6H5F5O2/c1-2-3-4(12)13-6(10,11)5(7,8)9/h2-3H,1H3. The van der Waals surface area contributed by atoms with E-state index in [9.17, 15) is 26.7 Å². The van der Waals surface area contributed by atoms with Gasteiger partial charge in [0.2, 0.25) is 0 Å². The molecule has 0 spiro atoms. The Morgan fingerprint density at radius 1 is 1.23 bits per heavy atom. The number of hydrogen-bond acceptors (Lipinski definition) is 2. The lowest BCUT2D eigenvalue weighted by Crippen LogP contribution is -2.40. The minimum atomic E-state index is -5.88. The van der Waals surface area contributed by atoms with Crippen molar-refractivity contribution in [3.63, 3.8) is 0 Å². The minimum Gasteiger partial charge on any atom is -0.391 e. The van der Waals surface area contributed by atoms with E-state index in [-0.39, 0.29) is 0 Å². The molecule has 0 aromatic rings. The molecule has 0 amide bonds. The van der Waals surface area contributed by atoms with Crippen LogP contribution in [-0.4, -0.2) is 18.3 Å². The van der Waals surface area contributed by atoms with Crippen molar-refractivity contribution in [3.05, 3.63) is 12.2 Å². The van der Waals surface area contributed by atoms with Gasteiger partial charge in [-0.25, -0.2) is 4.79 Å². The summed E-state index contributed by atoms with van der Waals surface area (Å²) in [5, 5.41) is 0. The molecule has 0 aromatic heterocycles. The van der Waals surface area contributed by atoms with E-state index >= 15 is 0 Å².